The van der Waals surface area contributed by atoms with E-state index in [-0.39, 0.29) is 12.2 Å². The maximum atomic E-state index is 13.5. The first-order chi connectivity index (χ1) is 12.1. The summed E-state index contributed by atoms with van der Waals surface area (Å²) in [4.78, 5) is 23.8. The lowest BCUT2D eigenvalue weighted by Crippen LogP contribution is -2.38. The fourth-order valence-corrected chi connectivity index (χ4v) is 2.26. The van der Waals surface area contributed by atoms with Crippen molar-refractivity contribution in [2.45, 2.75) is 6.10 Å². The maximum Gasteiger partial charge on any atom is 0.313 e. The molecule has 2 N–H and O–H groups in total. The van der Waals surface area contributed by atoms with E-state index in [4.69, 9.17) is 9.47 Å². The number of carbonyl (C=O) groups is 2. The van der Waals surface area contributed by atoms with E-state index in [0.717, 1.165) is 5.56 Å². The second-order valence-electron chi connectivity index (χ2n) is 5.11. The van der Waals surface area contributed by atoms with Crippen LogP contribution in [0.25, 0.3) is 0 Å². The van der Waals surface area contributed by atoms with Gasteiger partial charge in [0, 0.05) is 19.2 Å². The van der Waals surface area contributed by atoms with Crippen LogP contribution in [0.3, 0.4) is 0 Å². The smallest absolute Gasteiger partial charge is 0.313 e. The number of hydrogen-bond acceptors (Lipinski definition) is 4. The minimum atomic E-state index is -0.958. The molecule has 2 aromatic rings. The summed E-state index contributed by atoms with van der Waals surface area (Å²) in [5.74, 6) is -1.85. The number of halogens is 1. The van der Waals surface area contributed by atoms with E-state index in [9.17, 15) is 14.0 Å². The van der Waals surface area contributed by atoms with Crippen LogP contribution in [0.5, 0.6) is 5.75 Å². The molecule has 0 aliphatic rings. The van der Waals surface area contributed by atoms with E-state index in [0.29, 0.717) is 5.75 Å². The Hall–Kier alpha value is -2.93. The largest absolute Gasteiger partial charge is 0.496 e. The van der Waals surface area contributed by atoms with Crippen LogP contribution in [0.1, 0.15) is 11.7 Å². The van der Waals surface area contributed by atoms with Gasteiger partial charge in [-0.15, -0.1) is 0 Å². The molecule has 2 amide bonds. The number of ether oxygens (including phenoxy) is 2. The topological polar surface area (TPSA) is 76.7 Å². The van der Waals surface area contributed by atoms with E-state index in [1.807, 2.05) is 12.1 Å². The maximum absolute atomic E-state index is 13.5. The molecule has 0 spiro atoms. The number of para-hydroxylation sites is 2. The lowest BCUT2D eigenvalue weighted by atomic mass is 10.1. The highest BCUT2D eigenvalue weighted by molar-refractivity contribution is 6.39. The van der Waals surface area contributed by atoms with E-state index >= 15 is 0 Å². The van der Waals surface area contributed by atoms with Gasteiger partial charge in [-0.25, -0.2) is 4.39 Å². The van der Waals surface area contributed by atoms with Gasteiger partial charge in [0.15, 0.2) is 0 Å². The summed E-state index contributed by atoms with van der Waals surface area (Å²) in [6.45, 7) is 0.0560. The van der Waals surface area contributed by atoms with Crippen molar-refractivity contribution in [3.8, 4) is 5.75 Å². The second kappa shape index (κ2) is 8.79. The van der Waals surface area contributed by atoms with Gasteiger partial charge in [-0.1, -0.05) is 30.3 Å². The Bertz CT molecular complexity index is 751. The van der Waals surface area contributed by atoms with Gasteiger partial charge >= 0.3 is 11.8 Å². The Morgan fingerprint density at radius 3 is 2.40 bits per heavy atom. The molecule has 0 aromatic heterocycles. The quantitative estimate of drug-likeness (QED) is 0.787. The predicted octanol–water partition coefficient (Wildman–Crippen LogP) is 2.28. The highest BCUT2D eigenvalue weighted by atomic mass is 19.1. The van der Waals surface area contributed by atoms with Gasteiger partial charge in [0.1, 0.15) is 17.7 Å². The predicted molar refractivity (Wildman–Crippen MR) is 90.8 cm³/mol. The molecule has 0 radical (unpaired) electrons. The molecule has 0 heterocycles. The fourth-order valence-electron chi connectivity index (χ4n) is 2.26. The monoisotopic (exact) mass is 346 g/mol. The van der Waals surface area contributed by atoms with Gasteiger partial charge in [0.2, 0.25) is 0 Å². The van der Waals surface area contributed by atoms with Crippen LogP contribution in [0.15, 0.2) is 48.5 Å². The molecule has 132 valence electrons. The molecule has 0 bridgehead atoms. The summed E-state index contributed by atoms with van der Waals surface area (Å²) in [7, 11) is 3.02. The van der Waals surface area contributed by atoms with Crippen LogP contribution in [-0.2, 0) is 14.3 Å². The number of methoxy groups -OCH3 is 2. The third-order valence-electron chi connectivity index (χ3n) is 3.55. The molecule has 0 saturated heterocycles. The Kier molecular flexibility index (Phi) is 6.47. The Morgan fingerprint density at radius 1 is 1.04 bits per heavy atom. The van der Waals surface area contributed by atoms with Crippen LogP contribution < -0.4 is 15.4 Å². The standard InChI is InChI=1S/C18H19FN2O4/c1-24-15-10-6-3-7-12(15)16(25-2)11-20-17(22)18(23)21-14-9-5-4-8-13(14)19/h3-10,16H,11H2,1-2H3,(H,20,22)(H,21,23). The zero-order chi connectivity index (χ0) is 18.2. The first kappa shape index (κ1) is 18.4. The van der Waals surface area contributed by atoms with Gasteiger partial charge in [0.25, 0.3) is 0 Å². The van der Waals surface area contributed by atoms with Crippen LogP contribution in [0.4, 0.5) is 10.1 Å². The molecule has 0 saturated carbocycles. The molecule has 2 rings (SSSR count). The van der Waals surface area contributed by atoms with Crippen molar-refractivity contribution in [3.63, 3.8) is 0 Å². The van der Waals surface area contributed by atoms with Crippen LogP contribution in [-0.4, -0.2) is 32.6 Å². The van der Waals surface area contributed by atoms with Crippen LogP contribution in [0, 0.1) is 5.82 Å². The third kappa shape index (κ3) is 4.77. The first-order valence-electron chi connectivity index (χ1n) is 7.56. The van der Waals surface area contributed by atoms with Gasteiger partial charge in [-0.2, -0.15) is 0 Å². The summed E-state index contributed by atoms with van der Waals surface area (Å²) in [5.41, 5.74) is 0.679. The number of hydrogen-bond donors (Lipinski definition) is 2. The third-order valence-corrected chi connectivity index (χ3v) is 3.55. The second-order valence-corrected chi connectivity index (χ2v) is 5.11. The number of carbonyl (C=O) groups excluding carboxylic acids is 2. The van der Waals surface area contributed by atoms with Crippen molar-refractivity contribution < 1.29 is 23.5 Å². The van der Waals surface area contributed by atoms with Gasteiger partial charge in [0.05, 0.1) is 12.8 Å². The Balaban J connectivity index is 1.98. The van der Waals surface area contributed by atoms with Crippen molar-refractivity contribution in [2.24, 2.45) is 0 Å². The van der Waals surface area contributed by atoms with Crippen molar-refractivity contribution >= 4 is 17.5 Å². The number of nitrogens with one attached hydrogen (secondary N) is 2. The first-order valence-corrected chi connectivity index (χ1v) is 7.56. The number of benzene rings is 2. The molecule has 0 fully saturated rings. The van der Waals surface area contributed by atoms with Crippen molar-refractivity contribution in [1.29, 1.82) is 0 Å². The molecule has 2 aromatic carbocycles. The zero-order valence-electron chi connectivity index (χ0n) is 13.9. The Morgan fingerprint density at radius 2 is 1.72 bits per heavy atom. The average Bonchev–Trinajstić information content (AvgIpc) is 2.64. The Labute approximate surface area is 144 Å². The molecule has 1 unspecified atom stereocenters. The van der Waals surface area contributed by atoms with Crippen LogP contribution >= 0.6 is 0 Å². The van der Waals surface area contributed by atoms with E-state index in [1.165, 1.54) is 32.4 Å². The summed E-state index contributed by atoms with van der Waals surface area (Å²) >= 11 is 0. The van der Waals surface area contributed by atoms with Crippen molar-refractivity contribution in [3.05, 3.63) is 59.9 Å². The molecule has 25 heavy (non-hydrogen) atoms. The highest BCUT2D eigenvalue weighted by Gasteiger charge is 2.20. The molecular weight excluding hydrogens is 327 g/mol. The molecule has 0 aliphatic heterocycles. The van der Waals surface area contributed by atoms with Gasteiger partial charge in [-0.05, 0) is 18.2 Å². The lowest BCUT2D eigenvalue weighted by Gasteiger charge is -2.18. The van der Waals surface area contributed by atoms with Crippen molar-refractivity contribution in [1.82, 2.24) is 5.32 Å². The summed E-state index contributed by atoms with van der Waals surface area (Å²) in [6, 6.07) is 12.8. The van der Waals surface area contributed by atoms with E-state index in [2.05, 4.69) is 10.6 Å². The van der Waals surface area contributed by atoms with Gasteiger partial charge in [-0.3, -0.25) is 9.59 Å². The summed E-state index contributed by atoms with van der Waals surface area (Å²) in [6.07, 6.45) is -0.499. The normalized spacial score (nSPS) is 11.5. The van der Waals surface area contributed by atoms with Gasteiger partial charge < -0.3 is 20.1 Å². The van der Waals surface area contributed by atoms with Crippen molar-refractivity contribution in [2.75, 3.05) is 26.1 Å². The van der Waals surface area contributed by atoms with E-state index in [1.54, 1.807) is 18.2 Å². The SMILES string of the molecule is COc1ccccc1C(CNC(=O)C(=O)Nc1ccccc1F)OC. The highest BCUT2D eigenvalue weighted by Crippen LogP contribution is 2.26. The number of anilines is 1. The minimum absolute atomic E-state index is 0.0560. The molecule has 1 atom stereocenters. The number of amides is 2. The minimum Gasteiger partial charge on any atom is -0.496 e. The number of rotatable bonds is 6. The molecule has 0 aliphatic carbocycles. The zero-order valence-corrected chi connectivity index (χ0v) is 13.9. The average molecular weight is 346 g/mol. The molecule has 7 heteroatoms. The van der Waals surface area contributed by atoms with Crippen LogP contribution in [0.2, 0.25) is 0 Å². The summed E-state index contributed by atoms with van der Waals surface area (Å²) in [5, 5.41) is 4.69. The molecule has 6 nitrogen and oxygen atoms in total. The van der Waals surface area contributed by atoms with E-state index < -0.39 is 23.7 Å². The fraction of sp³-hybridized carbons (Fsp3) is 0.222. The lowest BCUT2D eigenvalue weighted by molar-refractivity contribution is -0.136. The summed E-state index contributed by atoms with van der Waals surface area (Å²) < 4.78 is 24.1. The molecular formula is C18H19FN2O4.